The molecule has 2 rings (SSSR count). The van der Waals surface area contributed by atoms with Gasteiger partial charge in [0.15, 0.2) is 0 Å². The van der Waals surface area contributed by atoms with Crippen LogP contribution in [0.5, 0.6) is 11.5 Å². The van der Waals surface area contributed by atoms with Gasteiger partial charge in [-0.05, 0) is 29.8 Å². The Balaban J connectivity index is 2.13. The lowest BCUT2D eigenvalue weighted by atomic mass is 10.1. The smallest absolute Gasteiger partial charge is 0.306 e. The van der Waals surface area contributed by atoms with Crippen molar-refractivity contribution in [3.63, 3.8) is 0 Å². The van der Waals surface area contributed by atoms with E-state index in [-0.39, 0.29) is 6.42 Å². The zero-order chi connectivity index (χ0) is 13.7. The first-order chi connectivity index (χ1) is 9.15. The number of hydrogen-bond donors (Lipinski definition) is 2. The largest absolute Gasteiger partial charge is 0.481 e. The fourth-order valence-electron chi connectivity index (χ4n) is 1.69. The molecule has 0 saturated carbocycles. The molecule has 2 N–H and O–H groups in total. The van der Waals surface area contributed by atoms with E-state index in [4.69, 9.17) is 9.84 Å². The van der Waals surface area contributed by atoms with Crippen LogP contribution in [0, 0.1) is 0 Å². The maximum absolute atomic E-state index is 10.6. The molecule has 4 heteroatoms. The van der Waals surface area contributed by atoms with Gasteiger partial charge in [-0.1, -0.05) is 30.3 Å². The van der Waals surface area contributed by atoms with E-state index < -0.39 is 12.1 Å². The van der Waals surface area contributed by atoms with Crippen molar-refractivity contribution >= 4 is 5.97 Å². The minimum absolute atomic E-state index is 0.325. The number of rotatable bonds is 5. The van der Waals surface area contributed by atoms with Crippen molar-refractivity contribution in [1.82, 2.24) is 0 Å². The molecular weight excluding hydrogens is 244 g/mol. The molecule has 4 nitrogen and oxygen atoms in total. The Hall–Kier alpha value is -2.33. The SMILES string of the molecule is O=C(O)CC(O)c1cccc(Oc2ccccc2)c1. The third-order valence-corrected chi connectivity index (χ3v) is 2.59. The summed E-state index contributed by atoms with van der Waals surface area (Å²) in [6.45, 7) is 0. The van der Waals surface area contributed by atoms with Crippen molar-refractivity contribution in [1.29, 1.82) is 0 Å². The molecule has 0 heterocycles. The van der Waals surface area contributed by atoms with Gasteiger partial charge >= 0.3 is 5.97 Å². The molecule has 0 aromatic heterocycles. The van der Waals surface area contributed by atoms with Gasteiger partial charge in [0.05, 0.1) is 12.5 Å². The van der Waals surface area contributed by atoms with E-state index in [1.54, 1.807) is 24.3 Å². The van der Waals surface area contributed by atoms with Gasteiger partial charge in [0, 0.05) is 0 Å². The number of ether oxygens (including phenoxy) is 1. The fraction of sp³-hybridized carbons (Fsp3) is 0.133. The van der Waals surface area contributed by atoms with E-state index >= 15 is 0 Å². The second kappa shape index (κ2) is 6.02. The first-order valence-corrected chi connectivity index (χ1v) is 5.88. The Morgan fingerprint density at radius 3 is 2.42 bits per heavy atom. The van der Waals surface area contributed by atoms with Crippen LogP contribution >= 0.6 is 0 Å². The number of carboxylic acids is 1. The maximum Gasteiger partial charge on any atom is 0.306 e. The average molecular weight is 258 g/mol. The van der Waals surface area contributed by atoms with Crippen molar-refractivity contribution < 1.29 is 19.7 Å². The lowest BCUT2D eigenvalue weighted by molar-refractivity contribution is -0.139. The van der Waals surface area contributed by atoms with Gasteiger partial charge in [0.25, 0.3) is 0 Å². The van der Waals surface area contributed by atoms with Gasteiger partial charge in [-0.25, -0.2) is 0 Å². The van der Waals surface area contributed by atoms with Gasteiger partial charge in [0.1, 0.15) is 11.5 Å². The summed E-state index contributed by atoms with van der Waals surface area (Å²) in [5.74, 6) is 0.211. The highest BCUT2D eigenvalue weighted by molar-refractivity contribution is 5.67. The molecular formula is C15H14O4. The van der Waals surface area contributed by atoms with E-state index in [0.29, 0.717) is 17.1 Å². The van der Waals surface area contributed by atoms with Gasteiger partial charge in [0.2, 0.25) is 0 Å². The third kappa shape index (κ3) is 3.82. The van der Waals surface area contributed by atoms with Crippen molar-refractivity contribution in [3.8, 4) is 11.5 Å². The molecule has 2 aromatic carbocycles. The summed E-state index contributed by atoms with van der Waals surface area (Å²) in [5, 5.41) is 18.4. The number of aliphatic hydroxyl groups excluding tert-OH is 1. The van der Waals surface area contributed by atoms with Crippen molar-refractivity contribution in [2.45, 2.75) is 12.5 Å². The Bertz CT molecular complexity index is 551. The topological polar surface area (TPSA) is 66.8 Å². The van der Waals surface area contributed by atoms with Crippen LogP contribution in [0.1, 0.15) is 18.1 Å². The van der Waals surface area contributed by atoms with E-state index in [1.807, 2.05) is 30.3 Å². The first kappa shape index (κ1) is 13.1. The molecule has 0 spiro atoms. The Labute approximate surface area is 110 Å². The number of para-hydroxylation sites is 1. The molecule has 98 valence electrons. The predicted molar refractivity (Wildman–Crippen MR) is 70.2 cm³/mol. The first-order valence-electron chi connectivity index (χ1n) is 5.88. The molecule has 2 aromatic rings. The molecule has 0 bridgehead atoms. The van der Waals surface area contributed by atoms with Crippen LogP contribution in [0.25, 0.3) is 0 Å². The van der Waals surface area contributed by atoms with Crippen LogP contribution in [0.15, 0.2) is 54.6 Å². The molecule has 0 saturated heterocycles. The summed E-state index contributed by atoms with van der Waals surface area (Å²) >= 11 is 0. The molecule has 0 radical (unpaired) electrons. The van der Waals surface area contributed by atoms with E-state index in [9.17, 15) is 9.90 Å². The average Bonchev–Trinajstić information content (AvgIpc) is 2.39. The number of benzene rings is 2. The molecule has 0 amide bonds. The number of aliphatic hydroxyl groups is 1. The lowest BCUT2D eigenvalue weighted by Gasteiger charge is -2.11. The quantitative estimate of drug-likeness (QED) is 0.865. The monoisotopic (exact) mass is 258 g/mol. The van der Waals surface area contributed by atoms with Gasteiger partial charge < -0.3 is 14.9 Å². The summed E-state index contributed by atoms with van der Waals surface area (Å²) in [6.07, 6.45) is -1.36. The highest BCUT2D eigenvalue weighted by atomic mass is 16.5. The van der Waals surface area contributed by atoms with Gasteiger partial charge in [-0.3, -0.25) is 4.79 Å². The van der Waals surface area contributed by atoms with Gasteiger partial charge in [-0.2, -0.15) is 0 Å². The number of aliphatic carboxylic acids is 1. The van der Waals surface area contributed by atoms with Crippen LogP contribution < -0.4 is 4.74 Å². The molecule has 0 aliphatic heterocycles. The summed E-state index contributed by atoms with van der Waals surface area (Å²) in [7, 11) is 0. The Kier molecular flexibility index (Phi) is 4.15. The molecule has 1 atom stereocenters. The summed E-state index contributed by atoms with van der Waals surface area (Å²) < 4.78 is 5.62. The van der Waals surface area contributed by atoms with Crippen LogP contribution in [-0.4, -0.2) is 16.2 Å². The van der Waals surface area contributed by atoms with Crippen molar-refractivity contribution in [2.75, 3.05) is 0 Å². The van der Waals surface area contributed by atoms with Gasteiger partial charge in [-0.15, -0.1) is 0 Å². The van der Waals surface area contributed by atoms with E-state index in [0.717, 1.165) is 0 Å². The minimum atomic E-state index is -1.04. The maximum atomic E-state index is 10.6. The zero-order valence-electron chi connectivity index (χ0n) is 10.2. The summed E-state index contributed by atoms with van der Waals surface area (Å²) in [6, 6.07) is 16.0. The second-order valence-corrected chi connectivity index (χ2v) is 4.10. The van der Waals surface area contributed by atoms with E-state index in [1.165, 1.54) is 0 Å². The second-order valence-electron chi connectivity index (χ2n) is 4.10. The molecule has 19 heavy (non-hydrogen) atoms. The van der Waals surface area contributed by atoms with Crippen LogP contribution in [0.2, 0.25) is 0 Å². The molecule has 0 aliphatic carbocycles. The molecule has 0 aliphatic rings. The molecule has 0 fully saturated rings. The highest BCUT2D eigenvalue weighted by Crippen LogP contribution is 2.25. The minimum Gasteiger partial charge on any atom is -0.481 e. The normalized spacial score (nSPS) is 11.8. The van der Waals surface area contributed by atoms with Crippen LogP contribution in [-0.2, 0) is 4.79 Å². The van der Waals surface area contributed by atoms with Crippen LogP contribution in [0.4, 0.5) is 0 Å². The van der Waals surface area contributed by atoms with Crippen molar-refractivity contribution in [2.24, 2.45) is 0 Å². The Morgan fingerprint density at radius 2 is 1.74 bits per heavy atom. The molecule has 1 unspecified atom stereocenters. The number of carboxylic acid groups (broad SMARTS) is 1. The Morgan fingerprint density at radius 1 is 1.05 bits per heavy atom. The fourth-order valence-corrected chi connectivity index (χ4v) is 1.69. The third-order valence-electron chi connectivity index (χ3n) is 2.59. The zero-order valence-corrected chi connectivity index (χ0v) is 10.2. The standard InChI is InChI=1S/C15H14O4/c16-14(10-15(17)18)11-5-4-8-13(9-11)19-12-6-2-1-3-7-12/h1-9,14,16H,10H2,(H,17,18). The number of hydrogen-bond acceptors (Lipinski definition) is 3. The predicted octanol–water partition coefficient (Wildman–Crippen LogP) is 2.99. The number of carbonyl (C=O) groups is 1. The lowest BCUT2D eigenvalue weighted by Crippen LogP contribution is -2.05. The summed E-state index contributed by atoms with van der Waals surface area (Å²) in [5.41, 5.74) is 0.524. The summed E-state index contributed by atoms with van der Waals surface area (Å²) in [4.78, 5) is 10.6. The van der Waals surface area contributed by atoms with E-state index in [2.05, 4.69) is 0 Å². The van der Waals surface area contributed by atoms with Crippen LogP contribution in [0.3, 0.4) is 0 Å². The highest BCUT2D eigenvalue weighted by Gasteiger charge is 2.12. The van der Waals surface area contributed by atoms with Crippen molar-refractivity contribution in [3.05, 3.63) is 60.2 Å².